The molecule has 22 heavy (non-hydrogen) atoms. The first-order chi connectivity index (χ1) is 10.6. The summed E-state index contributed by atoms with van der Waals surface area (Å²) in [6, 6.07) is 14.1. The average Bonchev–Trinajstić information content (AvgIpc) is 2.50. The number of methoxy groups -OCH3 is 1. The lowest BCUT2D eigenvalue weighted by atomic mass is 10.1. The molecule has 0 amide bonds. The summed E-state index contributed by atoms with van der Waals surface area (Å²) in [4.78, 5) is 0. The lowest BCUT2D eigenvalue weighted by molar-refractivity contribution is 0.411. The lowest BCUT2D eigenvalue weighted by Gasteiger charge is -2.11. The van der Waals surface area contributed by atoms with Crippen LogP contribution in [0.3, 0.4) is 0 Å². The van der Waals surface area contributed by atoms with E-state index in [2.05, 4.69) is 45.6 Å². The first-order valence-corrected chi connectivity index (χ1v) is 8.22. The smallest absolute Gasteiger partial charge is 0.170 e. The number of thiocarbonyl (C=S) groups is 1. The molecule has 0 aromatic heterocycles. The molecule has 0 fully saturated rings. The topological polar surface area (TPSA) is 33.3 Å². The molecule has 5 heteroatoms. The van der Waals surface area contributed by atoms with Gasteiger partial charge in [0.1, 0.15) is 5.75 Å². The van der Waals surface area contributed by atoms with Crippen molar-refractivity contribution >= 4 is 38.9 Å². The molecule has 0 saturated carbocycles. The molecule has 0 atom stereocenters. The van der Waals surface area contributed by atoms with E-state index in [0.717, 1.165) is 34.4 Å². The van der Waals surface area contributed by atoms with Crippen molar-refractivity contribution in [1.82, 2.24) is 5.32 Å². The van der Waals surface area contributed by atoms with Crippen LogP contribution >= 0.6 is 28.1 Å². The first kappa shape index (κ1) is 16.8. The normalized spacial score (nSPS) is 10.1. The Bertz CT molecular complexity index is 644. The largest absolute Gasteiger partial charge is 0.496 e. The van der Waals surface area contributed by atoms with Gasteiger partial charge in [-0.05, 0) is 67.0 Å². The van der Waals surface area contributed by atoms with Crippen LogP contribution in [-0.4, -0.2) is 18.8 Å². The molecule has 2 rings (SSSR count). The summed E-state index contributed by atoms with van der Waals surface area (Å²) in [5.74, 6) is 0.920. The van der Waals surface area contributed by atoms with E-state index in [1.54, 1.807) is 7.11 Å². The minimum atomic E-state index is 0.632. The van der Waals surface area contributed by atoms with Gasteiger partial charge in [-0.1, -0.05) is 28.1 Å². The maximum Gasteiger partial charge on any atom is 0.170 e. The van der Waals surface area contributed by atoms with Crippen molar-refractivity contribution in [2.75, 3.05) is 19.0 Å². The SMILES string of the molecule is COc1ccc(CCNC(=S)Nc2ccc(Br)cc2)cc1C. The fourth-order valence-corrected chi connectivity index (χ4v) is 2.61. The summed E-state index contributed by atoms with van der Waals surface area (Å²) in [5, 5.41) is 7.02. The Hall–Kier alpha value is -1.59. The molecule has 2 aromatic carbocycles. The average molecular weight is 379 g/mol. The number of hydrogen-bond acceptors (Lipinski definition) is 2. The second kappa shape index (κ2) is 8.15. The minimum Gasteiger partial charge on any atom is -0.496 e. The number of ether oxygens (including phenoxy) is 1. The monoisotopic (exact) mass is 378 g/mol. The predicted molar refractivity (Wildman–Crippen MR) is 99.8 cm³/mol. The van der Waals surface area contributed by atoms with Crippen LogP contribution in [0.15, 0.2) is 46.9 Å². The van der Waals surface area contributed by atoms with Crippen LogP contribution in [0, 0.1) is 6.92 Å². The van der Waals surface area contributed by atoms with Gasteiger partial charge in [0, 0.05) is 16.7 Å². The van der Waals surface area contributed by atoms with Gasteiger partial charge in [-0.25, -0.2) is 0 Å². The molecule has 0 heterocycles. The van der Waals surface area contributed by atoms with Gasteiger partial charge in [0.2, 0.25) is 0 Å². The Kier molecular flexibility index (Phi) is 6.21. The third-order valence-electron chi connectivity index (χ3n) is 3.26. The van der Waals surface area contributed by atoms with E-state index >= 15 is 0 Å². The minimum absolute atomic E-state index is 0.632. The van der Waals surface area contributed by atoms with Gasteiger partial charge < -0.3 is 15.4 Å². The Balaban J connectivity index is 1.79. The molecular weight excluding hydrogens is 360 g/mol. The molecule has 3 nitrogen and oxygen atoms in total. The molecule has 0 aliphatic carbocycles. The van der Waals surface area contributed by atoms with Gasteiger partial charge in [-0.3, -0.25) is 0 Å². The van der Waals surface area contributed by atoms with E-state index in [4.69, 9.17) is 17.0 Å². The van der Waals surface area contributed by atoms with E-state index in [0.29, 0.717) is 5.11 Å². The van der Waals surface area contributed by atoms with Crippen molar-refractivity contribution in [2.24, 2.45) is 0 Å². The molecule has 2 N–H and O–H groups in total. The van der Waals surface area contributed by atoms with Gasteiger partial charge in [0.15, 0.2) is 5.11 Å². The van der Waals surface area contributed by atoms with Crippen LogP contribution in [0.5, 0.6) is 5.75 Å². The van der Waals surface area contributed by atoms with Gasteiger partial charge in [-0.15, -0.1) is 0 Å². The Labute approximate surface area is 145 Å². The van der Waals surface area contributed by atoms with Crippen molar-refractivity contribution in [3.63, 3.8) is 0 Å². The van der Waals surface area contributed by atoms with E-state index in [-0.39, 0.29) is 0 Å². The van der Waals surface area contributed by atoms with Crippen molar-refractivity contribution in [2.45, 2.75) is 13.3 Å². The first-order valence-electron chi connectivity index (χ1n) is 7.02. The molecule has 0 radical (unpaired) electrons. The number of anilines is 1. The van der Waals surface area contributed by atoms with Gasteiger partial charge in [-0.2, -0.15) is 0 Å². The highest BCUT2D eigenvalue weighted by Gasteiger charge is 2.01. The highest BCUT2D eigenvalue weighted by atomic mass is 79.9. The van der Waals surface area contributed by atoms with Crippen LogP contribution in [0.25, 0.3) is 0 Å². The van der Waals surface area contributed by atoms with Crippen LogP contribution < -0.4 is 15.4 Å². The highest BCUT2D eigenvalue weighted by molar-refractivity contribution is 9.10. The Morgan fingerprint density at radius 2 is 1.91 bits per heavy atom. The Morgan fingerprint density at radius 1 is 1.18 bits per heavy atom. The van der Waals surface area contributed by atoms with Gasteiger partial charge in [0.25, 0.3) is 0 Å². The fourth-order valence-electron chi connectivity index (χ4n) is 2.12. The molecule has 2 aromatic rings. The van der Waals surface area contributed by atoms with E-state index < -0.39 is 0 Å². The summed E-state index contributed by atoms with van der Waals surface area (Å²) in [5.41, 5.74) is 3.38. The predicted octanol–water partition coefficient (Wildman–Crippen LogP) is 4.30. The summed E-state index contributed by atoms with van der Waals surface area (Å²) in [6.45, 7) is 2.84. The van der Waals surface area contributed by atoms with Crippen molar-refractivity contribution in [3.05, 3.63) is 58.1 Å². The van der Waals surface area contributed by atoms with Crippen LogP contribution in [-0.2, 0) is 6.42 Å². The third-order valence-corrected chi connectivity index (χ3v) is 4.04. The van der Waals surface area contributed by atoms with E-state index in [1.165, 1.54) is 5.56 Å². The van der Waals surface area contributed by atoms with Crippen molar-refractivity contribution < 1.29 is 4.74 Å². The zero-order chi connectivity index (χ0) is 15.9. The van der Waals surface area contributed by atoms with E-state index in [9.17, 15) is 0 Å². The molecule has 0 unspecified atom stereocenters. The molecule has 0 aliphatic heterocycles. The standard InChI is InChI=1S/C17H19BrN2OS/c1-12-11-13(3-8-16(12)21-2)9-10-19-17(22)20-15-6-4-14(18)5-7-15/h3-8,11H,9-10H2,1-2H3,(H2,19,20,22). The second-order valence-corrected chi connectivity index (χ2v) is 6.27. The molecule has 0 saturated heterocycles. The van der Waals surface area contributed by atoms with Crippen molar-refractivity contribution in [1.29, 1.82) is 0 Å². The van der Waals surface area contributed by atoms with Gasteiger partial charge >= 0.3 is 0 Å². The molecule has 0 aliphatic rings. The zero-order valence-electron chi connectivity index (χ0n) is 12.7. The van der Waals surface area contributed by atoms with Crippen molar-refractivity contribution in [3.8, 4) is 5.75 Å². The Morgan fingerprint density at radius 3 is 2.55 bits per heavy atom. The molecular formula is C17H19BrN2OS. The second-order valence-electron chi connectivity index (χ2n) is 4.94. The molecule has 116 valence electrons. The van der Waals surface area contributed by atoms with Crippen LogP contribution in [0.4, 0.5) is 5.69 Å². The maximum absolute atomic E-state index is 5.30. The highest BCUT2D eigenvalue weighted by Crippen LogP contribution is 2.18. The summed E-state index contributed by atoms with van der Waals surface area (Å²) in [6.07, 6.45) is 0.910. The van der Waals surface area contributed by atoms with Crippen LogP contribution in [0.1, 0.15) is 11.1 Å². The molecule has 0 bridgehead atoms. The zero-order valence-corrected chi connectivity index (χ0v) is 15.1. The van der Waals surface area contributed by atoms with E-state index in [1.807, 2.05) is 30.3 Å². The number of halogens is 1. The maximum atomic E-state index is 5.30. The summed E-state index contributed by atoms with van der Waals surface area (Å²) < 4.78 is 6.32. The number of aryl methyl sites for hydroxylation is 1. The fraction of sp³-hybridized carbons (Fsp3) is 0.235. The summed E-state index contributed by atoms with van der Waals surface area (Å²) >= 11 is 8.71. The third kappa shape index (κ3) is 5.00. The number of hydrogen-bond donors (Lipinski definition) is 2. The number of benzene rings is 2. The number of nitrogens with one attached hydrogen (secondary N) is 2. The van der Waals surface area contributed by atoms with Crippen LogP contribution in [0.2, 0.25) is 0 Å². The molecule has 0 spiro atoms. The quantitative estimate of drug-likeness (QED) is 0.760. The van der Waals surface area contributed by atoms with Gasteiger partial charge in [0.05, 0.1) is 7.11 Å². The summed E-state index contributed by atoms with van der Waals surface area (Å²) in [7, 11) is 1.69. The lowest BCUT2D eigenvalue weighted by Crippen LogP contribution is -2.30. The number of rotatable bonds is 5.